The summed E-state index contributed by atoms with van der Waals surface area (Å²) >= 11 is 0. The van der Waals surface area contributed by atoms with Crippen LogP contribution < -0.4 is 14.4 Å². The zero-order valence-corrected chi connectivity index (χ0v) is 21.8. The number of methoxy groups -OCH3 is 1. The fraction of sp³-hybridized carbons (Fsp3) is 0.308. The molecule has 3 aromatic rings. The smallest absolute Gasteiger partial charge is 0.328 e. The van der Waals surface area contributed by atoms with Gasteiger partial charge in [-0.05, 0) is 57.2 Å². The second kappa shape index (κ2) is 11.1. The summed E-state index contributed by atoms with van der Waals surface area (Å²) in [5.41, 5.74) is 0.0209. The Hall–Kier alpha value is -3.83. The second-order valence-electron chi connectivity index (χ2n) is 9.22. The number of aliphatic carboxylic acids is 2. The minimum Gasteiger partial charge on any atom is -0.497 e. The number of nitrogens with zero attached hydrogens (tertiary/aromatic N) is 1. The lowest BCUT2D eigenvalue weighted by molar-refractivity contribution is -0.140. The Kier molecular flexibility index (Phi) is 8.29. The van der Waals surface area contributed by atoms with Crippen LogP contribution in [0.25, 0.3) is 10.8 Å². The molecular weight excluding hydrogens is 500 g/mol. The third-order valence-corrected chi connectivity index (χ3v) is 7.18. The lowest BCUT2D eigenvalue weighted by atomic mass is 10.1. The fourth-order valence-corrected chi connectivity index (χ4v) is 5.05. The number of fused-ring (bicyclic) bond motifs is 1. The molecule has 0 amide bonds. The van der Waals surface area contributed by atoms with Crippen molar-refractivity contribution in [1.29, 1.82) is 0 Å². The normalized spacial score (nSPS) is 12.6. The van der Waals surface area contributed by atoms with Crippen LogP contribution in [-0.2, 0) is 24.3 Å². The molecule has 0 saturated carbocycles. The molecule has 11 heteroatoms. The van der Waals surface area contributed by atoms with Gasteiger partial charge < -0.3 is 25.0 Å². The van der Waals surface area contributed by atoms with Crippen molar-refractivity contribution in [2.75, 3.05) is 29.9 Å². The maximum absolute atomic E-state index is 13.6. The monoisotopic (exact) mass is 530 g/mol. The molecule has 0 heterocycles. The summed E-state index contributed by atoms with van der Waals surface area (Å²) in [6.45, 7) is 4.53. The van der Waals surface area contributed by atoms with E-state index in [1.165, 1.54) is 43.5 Å². The molecule has 37 heavy (non-hydrogen) atoms. The van der Waals surface area contributed by atoms with Crippen LogP contribution in [0, 0.1) is 0 Å². The minimum absolute atomic E-state index is 0.105. The van der Waals surface area contributed by atoms with Gasteiger partial charge in [-0.25, -0.2) is 13.2 Å². The fourth-order valence-electron chi connectivity index (χ4n) is 3.62. The summed E-state index contributed by atoms with van der Waals surface area (Å²) in [5, 5.41) is 23.2. The van der Waals surface area contributed by atoms with Crippen LogP contribution in [-0.4, -0.2) is 62.5 Å². The molecule has 198 valence electrons. The van der Waals surface area contributed by atoms with E-state index in [4.69, 9.17) is 9.47 Å². The lowest BCUT2D eigenvalue weighted by Crippen LogP contribution is -2.37. The molecule has 0 fully saturated rings. The Morgan fingerprint density at radius 1 is 0.973 bits per heavy atom. The van der Waals surface area contributed by atoms with E-state index < -0.39 is 40.1 Å². The zero-order valence-electron chi connectivity index (χ0n) is 21.0. The Morgan fingerprint density at radius 2 is 1.59 bits per heavy atom. The zero-order chi connectivity index (χ0) is 27.4. The average molecular weight is 531 g/mol. The minimum atomic E-state index is -4.28. The average Bonchev–Trinajstić information content (AvgIpc) is 2.84. The van der Waals surface area contributed by atoms with Crippen LogP contribution in [0.1, 0.15) is 20.8 Å². The number of hydrogen-bond acceptors (Lipinski definition) is 7. The highest BCUT2D eigenvalue weighted by molar-refractivity contribution is 7.92. The molecule has 0 aromatic heterocycles. The van der Waals surface area contributed by atoms with Crippen LogP contribution in [0.4, 0.5) is 11.4 Å². The van der Waals surface area contributed by atoms with Crippen molar-refractivity contribution in [3.63, 3.8) is 0 Å². The van der Waals surface area contributed by atoms with E-state index in [0.29, 0.717) is 22.2 Å². The topological polar surface area (TPSA) is 142 Å². The van der Waals surface area contributed by atoms with E-state index in [1.54, 1.807) is 24.3 Å². The Bertz CT molecular complexity index is 1380. The Labute approximate surface area is 215 Å². The largest absolute Gasteiger partial charge is 0.497 e. The summed E-state index contributed by atoms with van der Waals surface area (Å²) < 4.78 is 38.7. The van der Waals surface area contributed by atoms with Gasteiger partial charge in [0.15, 0.2) is 0 Å². The molecule has 0 unspecified atom stereocenters. The lowest BCUT2D eigenvalue weighted by Gasteiger charge is -2.26. The number of ether oxygens (including phenoxy) is 2. The third kappa shape index (κ3) is 6.69. The number of nitrogens with one attached hydrogen (secondary N) is 1. The molecule has 10 nitrogen and oxygen atoms in total. The number of hydrogen-bond donors (Lipinski definition) is 3. The third-order valence-electron chi connectivity index (χ3n) is 5.41. The van der Waals surface area contributed by atoms with E-state index in [9.17, 15) is 28.2 Å². The standard InChI is InChI=1S/C26H30N2O8S/c1-26(2,3)36-16-22(25(31)32)27-21-13-14-23(20-8-6-5-7-19(20)21)28(15-24(29)30)37(33,34)18-11-9-17(35-4)10-12-18/h5-14,22,27H,15-16H2,1-4H3,(H,29,30)(H,31,32)/t22-/m0/s1. The Balaban J connectivity index is 2.09. The van der Waals surface area contributed by atoms with Gasteiger partial charge in [-0.2, -0.15) is 0 Å². The summed E-state index contributed by atoms with van der Waals surface area (Å²) in [6, 6.07) is 14.3. The van der Waals surface area contributed by atoms with E-state index in [1.807, 2.05) is 20.8 Å². The summed E-state index contributed by atoms with van der Waals surface area (Å²) in [5.74, 6) is -2.01. The summed E-state index contributed by atoms with van der Waals surface area (Å²) in [4.78, 5) is 23.5. The van der Waals surface area contributed by atoms with Crippen molar-refractivity contribution in [2.45, 2.75) is 37.3 Å². The second-order valence-corrected chi connectivity index (χ2v) is 11.1. The van der Waals surface area contributed by atoms with Gasteiger partial charge in [-0.3, -0.25) is 9.10 Å². The highest BCUT2D eigenvalue weighted by Gasteiger charge is 2.29. The highest BCUT2D eigenvalue weighted by atomic mass is 32.2. The van der Waals surface area contributed by atoms with Crippen LogP contribution in [0.3, 0.4) is 0 Å². The molecule has 0 bridgehead atoms. The van der Waals surface area contributed by atoms with E-state index >= 15 is 0 Å². The Morgan fingerprint density at radius 3 is 2.14 bits per heavy atom. The van der Waals surface area contributed by atoms with Gasteiger partial charge in [0.1, 0.15) is 18.3 Å². The van der Waals surface area contributed by atoms with Crippen molar-refractivity contribution in [2.24, 2.45) is 0 Å². The maximum Gasteiger partial charge on any atom is 0.328 e. The first kappa shape index (κ1) is 27.8. The van der Waals surface area contributed by atoms with Crippen molar-refractivity contribution >= 4 is 44.1 Å². The number of anilines is 2. The first-order valence-corrected chi connectivity index (χ1v) is 12.8. The molecule has 0 saturated heterocycles. The SMILES string of the molecule is COc1ccc(S(=O)(=O)N(CC(=O)O)c2ccc(N[C@@H](COC(C)(C)C)C(=O)O)c3ccccc23)cc1. The van der Waals surface area contributed by atoms with E-state index in [-0.39, 0.29) is 17.2 Å². The van der Waals surface area contributed by atoms with Crippen molar-refractivity contribution in [3.05, 3.63) is 60.7 Å². The molecule has 0 aliphatic carbocycles. The summed E-state index contributed by atoms with van der Waals surface area (Å²) in [6.07, 6.45) is 0. The van der Waals surface area contributed by atoms with Crippen molar-refractivity contribution < 1.29 is 37.7 Å². The number of carboxylic acids is 2. The van der Waals surface area contributed by atoms with Gasteiger partial charge in [-0.1, -0.05) is 24.3 Å². The molecular formula is C26H30N2O8S. The first-order chi connectivity index (χ1) is 17.3. The number of carboxylic acid groups (broad SMARTS) is 2. The van der Waals surface area contributed by atoms with Gasteiger partial charge in [-0.15, -0.1) is 0 Å². The molecule has 3 rings (SSSR count). The van der Waals surface area contributed by atoms with Gasteiger partial charge in [0, 0.05) is 16.5 Å². The quantitative estimate of drug-likeness (QED) is 0.337. The number of carbonyl (C=O) groups is 2. The van der Waals surface area contributed by atoms with Gasteiger partial charge in [0.25, 0.3) is 10.0 Å². The first-order valence-electron chi connectivity index (χ1n) is 11.4. The van der Waals surface area contributed by atoms with Crippen LogP contribution in [0.5, 0.6) is 5.75 Å². The molecule has 0 spiro atoms. The molecule has 0 aliphatic heterocycles. The van der Waals surface area contributed by atoms with Gasteiger partial charge in [0.2, 0.25) is 0 Å². The van der Waals surface area contributed by atoms with Crippen LogP contribution in [0.2, 0.25) is 0 Å². The van der Waals surface area contributed by atoms with E-state index in [2.05, 4.69) is 5.32 Å². The van der Waals surface area contributed by atoms with Crippen molar-refractivity contribution in [1.82, 2.24) is 0 Å². The predicted octanol–water partition coefficient (Wildman–Crippen LogP) is 3.81. The molecule has 3 aromatic carbocycles. The number of benzene rings is 3. The molecule has 0 radical (unpaired) electrons. The number of rotatable bonds is 11. The highest BCUT2D eigenvalue weighted by Crippen LogP contribution is 2.35. The van der Waals surface area contributed by atoms with Gasteiger partial charge in [0.05, 0.1) is 29.9 Å². The van der Waals surface area contributed by atoms with Crippen LogP contribution >= 0.6 is 0 Å². The van der Waals surface area contributed by atoms with Crippen LogP contribution in [0.15, 0.2) is 65.6 Å². The summed E-state index contributed by atoms with van der Waals surface area (Å²) in [7, 11) is -2.83. The predicted molar refractivity (Wildman–Crippen MR) is 140 cm³/mol. The van der Waals surface area contributed by atoms with Crippen molar-refractivity contribution in [3.8, 4) is 5.75 Å². The molecule has 1 atom stereocenters. The van der Waals surface area contributed by atoms with E-state index in [0.717, 1.165) is 4.31 Å². The number of sulfonamides is 1. The molecule has 0 aliphatic rings. The maximum atomic E-state index is 13.6. The van der Waals surface area contributed by atoms with Gasteiger partial charge >= 0.3 is 11.9 Å². The molecule has 3 N–H and O–H groups in total.